The van der Waals surface area contributed by atoms with Gasteiger partial charge in [-0.15, -0.1) is 0 Å². The molecule has 0 radical (unpaired) electrons. The van der Waals surface area contributed by atoms with Gasteiger partial charge in [0, 0.05) is 24.7 Å². The van der Waals surface area contributed by atoms with Crippen LogP contribution in [0.3, 0.4) is 0 Å². The Kier molecular flexibility index (Phi) is 5.52. The van der Waals surface area contributed by atoms with E-state index in [0.29, 0.717) is 0 Å². The molecule has 0 aliphatic rings. The quantitative estimate of drug-likeness (QED) is 0.602. The summed E-state index contributed by atoms with van der Waals surface area (Å²) >= 11 is 0. The van der Waals surface area contributed by atoms with Crippen LogP contribution in [0.1, 0.15) is 24.1 Å². The number of rotatable bonds is 6. The molecule has 0 saturated carbocycles. The molecule has 126 valence electrons. The lowest BCUT2D eigenvalue weighted by Crippen LogP contribution is -2.31. The molecule has 0 heterocycles. The van der Waals surface area contributed by atoms with Gasteiger partial charge >= 0.3 is 0 Å². The molecule has 1 amide bonds. The summed E-state index contributed by atoms with van der Waals surface area (Å²) in [7, 11) is 3.34. The van der Waals surface area contributed by atoms with Gasteiger partial charge in [-0.3, -0.25) is 14.9 Å². The number of nitro groups is 1. The van der Waals surface area contributed by atoms with E-state index in [1.54, 1.807) is 31.2 Å². The van der Waals surface area contributed by atoms with Crippen LogP contribution in [0.15, 0.2) is 48.5 Å². The van der Waals surface area contributed by atoms with Crippen LogP contribution < -0.4 is 4.74 Å². The number of carbonyl (C=O) groups excluding carboxylic acids is 1. The Morgan fingerprint density at radius 2 is 1.83 bits per heavy atom. The molecule has 0 fully saturated rings. The van der Waals surface area contributed by atoms with Crippen LogP contribution >= 0.6 is 0 Å². The Morgan fingerprint density at radius 3 is 2.42 bits per heavy atom. The van der Waals surface area contributed by atoms with Gasteiger partial charge in [-0.2, -0.15) is 0 Å². The number of hydrogen-bond acceptors (Lipinski definition) is 4. The fourth-order valence-electron chi connectivity index (χ4n) is 2.47. The number of methoxy groups -OCH3 is 1. The van der Waals surface area contributed by atoms with Crippen molar-refractivity contribution in [3.63, 3.8) is 0 Å². The van der Waals surface area contributed by atoms with Gasteiger partial charge in [-0.1, -0.05) is 30.3 Å². The predicted molar refractivity (Wildman–Crippen MR) is 91.0 cm³/mol. The summed E-state index contributed by atoms with van der Waals surface area (Å²) in [5.41, 5.74) is 1.69. The lowest BCUT2D eigenvalue weighted by Gasteiger charge is -2.26. The van der Waals surface area contributed by atoms with E-state index in [1.807, 2.05) is 31.2 Å². The van der Waals surface area contributed by atoms with Crippen molar-refractivity contribution in [3.8, 4) is 5.75 Å². The maximum Gasteiger partial charge on any atom is 0.269 e. The number of carbonyl (C=O) groups is 1. The van der Waals surface area contributed by atoms with Crippen LogP contribution in [0.5, 0.6) is 5.75 Å². The van der Waals surface area contributed by atoms with E-state index in [2.05, 4.69) is 0 Å². The summed E-state index contributed by atoms with van der Waals surface area (Å²) in [6.45, 7) is 1.94. The first-order valence-corrected chi connectivity index (χ1v) is 7.56. The van der Waals surface area contributed by atoms with Crippen molar-refractivity contribution >= 4 is 11.6 Å². The third-order valence-electron chi connectivity index (χ3n) is 4.07. The molecule has 1 atom stereocenters. The summed E-state index contributed by atoms with van der Waals surface area (Å²) in [5.74, 6) is 0.669. The average Bonchev–Trinajstić information content (AvgIpc) is 2.60. The first-order valence-electron chi connectivity index (χ1n) is 7.56. The Bertz CT molecular complexity index is 728. The molecule has 0 N–H and O–H groups in total. The molecular weight excluding hydrogens is 308 g/mol. The number of ether oxygens (including phenoxy) is 1. The van der Waals surface area contributed by atoms with E-state index < -0.39 is 4.92 Å². The lowest BCUT2D eigenvalue weighted by atomic mass is 10.0. The predicted octanol–water partition coefficient (Wildman–Crippen LogP) is 3.37. The molecule has 0 aliphatic carbocycles. The van der Waals surface area contributed by atoms with Gasteiger partial charge in [0.05, 0.1) is 24.5 Å². The summed E-state index contributed by atoms with van der Waals surface area (Å²) in [6, 6.07) is 13.5. The SMILES string of the molecule is COc1ccccc1[C@H](C)N(C)C(=O)Cc1ccc([N+](=O)[O-])cc1. The highest BCUT2D eigenvalue weighted by Gasteiger charge is 2.20. The van der Waals surface area contributed by atoms with Crippen LogP contribution in [0.25, 0.3) is 0 Å². The van der Waals surface area contributed by atoms with Crippen LogP contribution in [-0.4, -0.2) is 29.9 Å². The third-order valence-corrected chi connectivity index (χ3v) is 4.07. The average molecular weight is 328 g/mol. The number of nitrogens with zero attached hydrogens (tertiary/aromatic N) is 2. The van der Waals surface area contributed by atoms with Gasteiger partial charge < -0.3 is 9.64 Å². The first kappa shape index (κ1) is 17.5. The van der Waals surface area contributed by atoms with Crippen molar-refractivity contribution in [1.82, 2.24) is 4.90 Å². The second-order valence-corrected chi connectivity index (χ2v) is 5.52. The monoisotopic (exact) mass is 328 g/mol. The van der Waals surface area contributed by atoms with Gasteiger partial charge in [-0.05, 0) is 18.6 Å². The highest BCUT2D eigenvalue weighted by molar-refractivity contribution is 5.79. The first-order chi connectivity index (χ1) is 11.4. The minimum absolute atomic E-state index is 0.0157. The highest BCUT2D eigenvalue weighted by atomic mass is 16.6. The van der Waals surface area contributed by atoms with E-state index in [0.717, 1.165) is 16.9 Å². The molecule has 2 rings (SSSR count). The number of amides is 1. The smallest absolute Gasteiger partial charge is 0.269 e. The number of non-ortho nitro benzene ring substituents is 1. The van der Waals surface area contributed by atoms with Crippen LogP contribution in [0.4, 0.5) is 5.69 Å². The topological polar surface area (TPSA) is 72.7 Å². The Labute approximate surface area is 140 Å². The summed E-state index contributed by atoms with van der Waals surface area (Å²) in [4.78, 5) is 24.4. The van der Waals surface area contributed by atoms with Gasteiger partial charge in [0.25, 0.3) is 5.69 Å². The van der Waals surface area contributed by atoms with Gasteiger partial charge in [0.2, 0.25) is 5.91 Å². The second-order valence-electron chi connectivity index (χ2n) is 5.52. The highest BCUT2D eigenvalue weighted by Crippen LogP contribution is 2.28. The summed E-state index contributed by atoms with van der Waals surface area (Å²) < 4.78 is 5.35. The zero-order valence-electron chi connectivity index (χ0n) is 13.9. The molecule has 0 aromatic heterocycles. The number of hydrogen-bond donors (Lipinski definition) is 0. The Hall–Kier alpha value is -2.89. The van der Waals surface area contributed by atoms with Crippen molar-refractivity contribution in [2.45, 2.75) is 19.4 Å². The van der Waals surface area contributed by atoms with E-state index in [9.17, 15) is 14.9 Å². The van der Waals surface area contributed by atoms with Crippen molar-refractivity contribution in [2.75, 3.05) is 14.2 Å². The van der Waals surface area contributed by atoms with Crippen LogP contribution in [-0.2, 0) is 11.2 Å². The van der Waals surface area contributed by atoms with Crippen LogP contribution in [0.2, 0.25) is 0 Å². The second kappa shape index (κ2) is 7.59. The minimum atomic E-state index is -0.457. The van der Waals surface area contributed by atoms with E-state index >= 15 is 0 Å². The molecule has 0 aliphatic heterocycles. The fourth-order valence-corrected chi connectivity index (χ4v) is 2.47. The van der Waals surface area contributed by atoms with Crippen molar-refractivity contribution in [1.29, 1.82) is 0 Å². The van der Waals surface area contributed by atoms with Crippen molar-refractivity contribution in [3.05, 3.63) is 69.8 Å². The summed E-state index contributed by atoms with van der Waals surface area (Å²) in [5, 5.41) is 10.7. The number of benzene rings is 2. The molecule has 0 spiro atoms. The third kappa shape index (κ3) is 3.90. The molecule has 0 unspecified atom stereocenters. The number of likely N-dealkylation sites (N-methyl/N-ethyl adjacent to an activating group) is 1. The van der Waals surface area contributed by atoms with E-state index in [4.69, 9.17) is 4.74 Å². The molecule has 0 saturated heterocycles. The van der Waals surface area contributed by atoms with E-state index in [-0.39, 0.29) is 24.1 Å². The molecule has 6 heteroatoms. The largest absolute Gasteiger partial charge is 0.496 e. The van der Waals surface area contributed by atoms with Gasteiger partial charge in [0.15, 0.2) is 0 Å². The lowest BCUT2D eigenvalue weighted by molar-refractivity contribution is -0.384. The number of nitro benzene ring substituents is 1. The Balaban J connectivity index is 2.09. The zero-order chi connectivity index (χ0) is 17.7. The molecule has 6 nitrogen and oxygen atoms in total. The maximum absolute atomic E-state index is 12.5. The Morgan fingerprint density at radius 1 is 1.21 bits per heavy atom. The van der Waals surface area contributed by atoms with Crippen molar-refractivity contribution < 1.29 is 14.5 Å². The summed E-state index contributed by atoms with van der Waals surface area (Å²) in [6.07, 6.45) is 0.188. The van der Waals surface area contributed by atoms with Gasteiger partial charge in [0.1, 0.15) is 5.75 Å². The van der Waals surface area contributed by atoms with Gasteiger partial charge in [-0.25, -0.2) is 0 Å². The van der Waals surface area contributed by atoms with E-state index in [1.165, 1.54) is 12.1 Å². The molecule has 2 aromatic carbocycles. The zero-order valence-corrected chi connectivity index (χ0v) is 13.9. The molecule has 2 aromatic rings. The standard InChI is InChI=1S/C18H20N2O4/c1-13(16-6-4-5-7-17(16)24-3)19(2)18(21)12-14-8-10-15(11-9-14)20(22)23/h4-11,13H,12H2,1-3H3/t13-/m0/s1. The minimum Gasteiger partial charge on any atom is -0.496 e. The molecule has 0 bridgehead atoms. The fraction of sp³-hybridized carbons (Fsp3) is 0.278. The maximum atomic E-state index is 12.5. The molecule has 24 heavy (non-hydrogen) atoms. The van der Waals surface area contributed by atoms with Crippen LogP contribution in [0, 0.1) is 10.1 Å². The van der Waals surface area contributed by atoms with Crippen molar-refractivity contribution in [2.24, 2.45) is 0 Å². The molecular formula is C18H20N2O4. The normalized spacial score (nSPS) is 11.6. The number of para-hydroxylation sites is 1.